The highest BCUT2D eigenvalue weighted by atomic mass is 16.2. The van der Waals surface area contributed by atoms with E-state index >= 15 is 0 Å². The second-order valence-corrected chi connectivity index (χ2v) is 5.54. The quantitative estimate of drug-likeness (QED) is 0.855. The van der Waals surface area contributed by atoms with Crippen LogP contribution in [0, 0.1) is 6.92 Å². The summed E-state index contributed by atoms with van der Waals surface area (Å²) in [6.07, 6.45) is 0. The first-order chi connectivity index (χ1) is 10.1. The molecule has 2 N–H and O–H groups in total. The van der Waals surface area contributed by atoms with Crippen LogP contribution in [0.1, 0.15) is 36.5 Å². The summed E-state index contributed by atoms with van der Waals surface area (Å²) in [4.78, 5) is 12.0. The summed E-state index contributed by atoms with van der Waals surface area (Å²) in [6, 6.07) is 15.8. The molecule has 0 aliphatic rings. The summed E-state index contributed by atoms with van der Waals surface area (Å²) in [7, 11) is 0. The molecule has 0 aliphatic heterocycles. The second kappa shape index (κ2) is 6.93. The van der Waals surface area contributed by atoms with Crippen LogP contribution in [0.5, 0.6) is 0 Å². The van der Waals surface area contributed by atoms with Gasteiger partial charge in [-0.05, 0) is 30.0 Å². The van der Waals surface area contributed by atoms with E-state index in [1.807, 2.05) is 49.4 Å². The van der Waals surface area contributed by atoms with Crippen molar-refractivity contribution in [3.8, 4) is 0 Å². The molecule has 3 heteroatoms. The fraction of sp³-hybridized carbons (Fsp3) is 0.278. The second-order valence-electron chi connectivity index (χ2n) is 5.54. The van der Waals surface area contributed by atoms with E-state index in [1.54, 1.807) is 0 Å². The van der Waals surface area contributed by atoms with Crippen molar-refractivity contribution in [3.63, 3.8) is 0 Å². The Kier molecular flexibility index (Phi) is 4.99. The maximum atomic E-state index is 12.0. The highest BCUT2D eigenvalue weighted by Crippen LogP contribution is 2.23. The van der Waals surface area contributed by atoms with E-state index in [4.69, 9.17) is 0 Å². The molecule has 0 aliphatic carbocycles. The van der Waals surface area contributed by atoms with Gasteiger partial charge in [0, 0.05) is 12.2 Å². The number of carbonyl (C=O) groups excluding carboxylic acids is 1. The molecule has 2 aromatic rings. The molecule has 0 saturated heterocycles. The third kappa shape index (κ3) is 4.35. The van der Waals surface area contributed by atoms with Crippen molar-refractivity contribution in [1.29, 1.82) is 0 Å². The number of anilines is 1. The number of amides is 2. The number of nitrogens with one attached hydrogen (secondary N) is 2. The van der Waals surface area contributed by atoms with Gasteiger partial charge in [0.1, 0.15) is 0 Å². The van der Waals surface area contributed by atoms with Gasteiger partial charge in [0.2, 0.25) is 0 Å². The first-order valence-electron chi connectivity index (χ1n) is 7.25. The average Bonchev–Trinajstić information content (AvgIpc) is 2.45. The smallest absolute Gasteiger partial charge is 0.319 e. The van der Waals surface area contributed by atoms with Crippen molar-refractivity contribution in [2.75, 3.05) is 5.32 Å². The van der Waals surface area contributed by atoms with Crippen molar-refractivity contribution < 1.29 is 4.79 Å². The molecule has 0 saturated carbocycles. The summed E-state index contributed by atoms with van der Waals surface area (Å²) in [6.45, 7) is 6.80. The maximum Gasteiger partial charge on any atom is 0.319 e. The number of aryl methyl sites for hydroxylation is 1. The van der Waals surface area contributed by atoms with E-state index < -0.39 is 0 Å². The van der Waals surface area contributed by atoms with Crippen LogP contribution in [0.4, 0.5) is 10.5 Å². The van der Waals surface area contributed by atoms with E-state index in [-0.39, 0.29) is 6.03 Å². The Labute approximate surface area is 126 Å². The zero-order valence-corrected chi connectivity index (χ0v) is 12.8. The molecular weight excluding hydrogens is 260 g/mol. The normalized spacial score (nSPS) is 10.5. The van der Waals surface area contributed by atoms with Gasteiger partial charge >= 0.3 is 6.03 Å². The van der Waals surface area contributed by atoms with E-state index in [1.165, 1.54) is 5.56 Å². The Balaban J connectivity index is 1.96. The first kappa shape index (κ1) is 15.1. The van der Waals surface area contributed by atoms with Crippen molar-refractivity contribution in [2.24, 2.45) is 0 Å². The van der Waals surface area contributed by atoms with Crippen LogP contribution in [0.2, 0.25) is 0 Å². The van der Waals surface area contributed by atoms with E-state index in [0.29, 0.717) is 12.5 Å². The van der Waals surface area contributed by atoms with Crippen molar-refractivity contribution in [2.45, 2.75) is 33.2 Å². The number of hydrogen-bond acceptors (Lipinski definition) is 1. The van der Waals surface area contributed by atoms with Gasteiger partial charge in [0.05, 0.1) is 0 Å². The molecule has 0 atom stereocenters. The van der Waals surface area contributed by atoms with Gasteiger partial charge in [-0.25, -0.2) is 4.79 Å². The first-order valence-corrected chi connectivity index (χ1v) is 7.25. The van der Waals surface area contributed by atoms with Crippen molar-refractivity contribution in [3.05, 3.63) is 65.2 Å². The molecule has 0 radical (unpaired) electrons. The lowest BCUT2D eigenvalue weighted by atomic mass is 10.0. The molecule has 0 bridgehead atoms. The highest BCUT2D eigenvalue weighted by Gasteiger charge is 2.08. The van der Waals surface area contributed by atoms with Gasteiger partial charge in [-0.2, -0.15) is 0 Å². The lowest BCUT2D eigenvalue weighted by Gasteiger charge is -2.14. The summed E-state index contributed by atoms with van der Waals surface area (Å²) < 4.78 is 0. The van der Waals surface area contributed by atoms with Crippen LogP contribution in [0.3, 0.4) is 0 Å². The highest BCUT2D eigenvalue weighted by molar-refractivity contribution is 5.90. The van der Waals surface area contributed by atoms with E-state index in [9.17, 15) is 4.79 Å². The third-order valence-electron chi connectivity index (χ3n) is 3.37. The van der Waals surface area contributed by atoms with Crippen molar-refractivity contribution >= 4 is 11.7 Å². The van der Waals surface area contributed by atoms with Crippen LogP contribution in [-0.2, 0) is 6.54 Å². The Morgan fingerprint density at radius 1 is 1.10 bits per heavy atom. The SMILES string of the molecule is Cc1cccc(CNC(=O)Nc2ccccc2C(C)C)c1. The molecule has 0 unspecified atom stereocenters. The monoisotopic (exact) mass is 282 g/mol. The van der Waals surface area contributed by atoms with Gasteiger partial charge in [0.15, 0.2) is 0 Å². The summed E-state index contributed by atoms with van der Waals surface area (Å²) >= 11 is 0. The van der Waals surface area contributed by atoms with Crippen LogP contribution in [0.15, 0.2) is 48.5 Å². The molecule has 21 heavy (non-hydrogen) atoms. The van der Waals surface area contributed by atoms with E-state index in [0.717, 1.165) is 16.8 Å². The van der Waals surface area contributed by atoms with Crippen LogP contribution in [-0.4, -0.2) is 6.03 Å². The zero-order valence-electron chi connectivity index (χ0n) is 12.8. The van der Waals surface area contributed by atoms with E-state index in [2.05, 4.69) is 30.5 Å². The minimum absolute atomic E-state index is 0.176. The number of rotatable bonds is 4. The predicted molar refractivity (Wildman–Crippen MR) is 87.6 cm³/mol. The molecular formula is C18H22N2O. The fourth-order valence-corrected chi connectivity index (χ4v) is 2.29. The van der Waals surface area contributed by atoms with Gasteiger partial charge in [0.25, 0.3) is 0 Å². The molecule has 110 valence electrons. The third-order valence-corrected chi connectivity index (χ3v) is 3.37. The molecule has 0 heterocycles. The summed E-state index contributed by atoms with van der Waals surface area (Å²) in [5.41, 5.74) is 4.31. The summed E-state index contributed by atoms with van der Waals surface area (Å²) in [5.74, 6) is 0.373. The standard InChI is InChI=1S/C18H22N2O/c1-13(2)16-9-4-5-10-17(16)20-18(21)19-12-15-8-6-7-14(3)11-15/h4-11,13H,12H2,1-3H3,(H2,19,20,21). The molecule has 0 fully saturated rings. The lowest BCUT2D eigenvalue weighted by Crippen LogP contribution is -2.28. The number of para-hydroxylation sites is 1. The Bertz CT molecular complexity index is 620. The van der Waals surface area contributed by atoms with Crippen LogP contribution < -0.4 is 10.6 Å². The summed E-state index contributed by atoms with van der Waals surface area (Å²) in [5, 5.41) is 5.82. The van der Waals surface area contributed by atoms with Gasteiger partial charge in [-0.3, -0.25) is 0 Å². The molecule has 3 nitrogen and oxygen atoms in total. The number of benzene rings is 2. The van der Waals surface area contributed by atoms with Gasteiger partial charge in [-0.15, -0.1) is 0 Å². The Morgan fingerprint density at radius 2 is 1.86 bits per heavy atom. The molecule has 0 aromatic heterocycles. The number of carbonyl (C=O) groups is 1. The lowest BCUT2D eigenvalue weighted by molar-refractivity contribution is 0.251. The fourth-order valence-electron chi connectivity index (χ4n) is 2.29. The average molecular weight is 282 g/mol. The molecule has 2 amide bonds. The molecule has 2 rings (SSSR count). The van der Waals surface area contributed by atoms with Gasteiger partial charge in [-0.1, -0.05) is 61.9 Å². The predicted octanol–water partition coefficient (Wildman–Crippen LogP) is 4.44. The largest absolute Gasteiger partial charge is 0.334 e. The topological polar surface area (TPSA) is 41.1 Å². The van der Waals surface area contributed by atoms with Crippen LogP contribution >= 0.6 is 0 Å². The number of hydrogen-bond donors (Lipinski definition) is 2. The van der Waals surface area contributed by atoms with Crippen molar-refractivity contribution in [1.82, 2.24) is 5.32 Å². The zero-order chi connectivity index (χ0) is 15.2. The minimum atomic E-state index is -0.176. The van der Waals surface area contributed by atoms with Gasteiger partial charge < -0.3 is 10.6 Å². The number of urea groups is 1. The Hall–Kier alpha value is -2.29. The molecule has 0 spiro atoms. The maximum absolute atomic E-state index is 12.0. The Morgan fingerprint density at radius 3 is 2.57 bits per heavy atom. The molecule has 2 aromatic carbocycles. The van der Waals surface area contributed by atoms with Crippen LogP contribution in [0.25, 0.3) is 0 Å². The minimum Gasteiger partial charge on any atom is -0.334 e.